The van der Waals surface area contributed by atoms with Crippen LogP contribution in [0, 0.1) is 12.8 Å². The van der Waals surface area contributed by atoms with Gasteiger partial charge in [-0.1, -0.05) is 36.4 Å². The van der Waals surface area contributed by atoms with Gasteiger partial charge >= 0.3 is 0 Å². The monoisotopic (exact) mass is 418 g/mol. The number of likely N-dealkylation sites (tertiary alicyclic amines) is 1. The van der Waals surface area contributed by atoms with E-state index in [1.165, 1.54) is 0 Å². The number of aryl methyl sites for hydroxylation is 2. The minimum Gasteiger partial charge on any atom is -0.441 e. The highest BCUT2D eigenvalue weighted by Crippen LogP contribution is 2.22. The van der Waals surface area contributed by atoms with E-state index in [1.807, 2.05) is 43.3 Å². The van der Waals surface area contributed by atoms with Gasteiger partial charge in [-0.25, -0.2) is 9.97 Å². The summed E-state index contributed by atoms with van der Waals surface area (Å²) in [6.07, 6.45) is 5.73. The SMILES string of the molecule is Cc1ccc(NC(=O)C2CCCN(C(=O)CCc3ncc(-c4ccccc4)o3)C2)nc1. The third-order valence-corrected chi connectivity index (χ3v) is 5.47. The summed E-state index contributed by atoms with van der Waals surface area (Å²) in [5, 5.41) is 2.86. The van der Waals surface area contributed by atoms with Gasteiger partial charge in [-0.2, -0.15) is 0 Å². The smallest absolute Gasteiger partial charge is 0.230 e. The van der Waals surface area contributed by atoms with Gasteiger partial charge in [-0.3, -0.25) is 9.59 Å². The summed E-state index contributed by atoms with van der Waals surface area (Å²) >= 11 is 0. The maximum atomic E-state index is 12.7. The van der Waals surface area contributed by atoms with Gasteiger partial charge in [0.15, 0.2) is 11.7 Å². The molecule has 1 fully saturated rings. The van der Waals surface area contributed by atoms with Crippen LogP contribution in [-0.2, 0) is 16.0 Å². The quantitative estimate of drug-likeness (QED) is 0.657. The molecule has 1 unspecified atom stereocenters. The number of oxazole rings is 1. The molecule has 1 N–H and O–H groups in total. The number of pyridine rings is 1. The molecule has 0 radical (unpaired) electrons. The molecule has 7 heteroatoms. The summed E-state index contributed by atoms with van der Waals surface area (Å²) in [5.41, 5.74) is 2.00. The number of aromatic nitrogens is 2. The molecule has 0 bridgehead atoms. The Morgan fingerprint density at radius 2 is 1.97 bits per heavy atom. The highest BCUT2D eigenvalue weighted by Gasteiger charge is 2.28. The van der Waals surface area contributed by atoms with Crippen molar-refractivity contribution in [1.29, 1.82) is 0 Å². The van der Waals surface area contributed by atoms with Crippen LogP contribution in [-0.4, -0.2) is 39.8 Å². The summed E-state index contributed by atoms with van der Waals surface area (Å²) in [6, 6.07) is 13.5. The van der Waals surface area contributed by atoms with Crippen LogP contribution in [0.15, 0.2) is 59.3 Å². The van der Waals surface area contributed by atoms with Crippen molar-refractivity contribution in [3.8, 4) is 11.3 Å². The number of nitrogens with one attached hydrogen (secondary N) is 1. The van der Waals surface area contributed by atoms with Gasteiger partial charge < -0.3 is 14.6 Å². The van der Waals surface area contributed by atoms with Crippen molar-refractivity contribution in [1.82, 2.24) is 14.9 Å². The van der Waals surface area contributed by atoms with Crippen LogP contribution in [0.5, 0.6) is 0 Å². The first kappa shape index (κ1) is 20.8. The molecule has 2 amide bonds. The maximum Gasteiger partial charge on any atom is 0.230 e. The van der Waals surface area contributed by atoms with Crippen molar-refractivity contribution in [3.05, 3.63) is 66.3 Å². The van der Waals surface area contributed by atoms with Crippen molar-refractivity contribution < 1.29 is 14.0 Å². The molecule has 7 nitrogen and oxygen atoms in total. The van der Waals surface area contributed by atoms with Crippen molar-refractivity contribution >= 4 is 17.6 Å². The summed E-state index contributed by atoms with van der Waals surface area (Å²) < 4.78 is 5.79. The number of carbonyl (C=O) groups excluding carboxylic acids is 2. The minimum atomic E-state index is -0.229. The fourth-order valence-electron chi connectivity index (χ4n) is 3.72. The predicted octanol–water partition coefficient (Wildman–Crippen LogP) is 3.85. The number of carbonyl (C=O) groups is 2. The molecular weight excluding hydrogens is 392 g/mol. The van der Waals surface area contributed by atoms with Gasteiger partial charge in [0.1, 0.15) is 5.82 Å². The molecule has 31 heavy (non-hydrogen) atoms. The number of nitrogens with zero attached hydrogens (tertiary/aromatic N) is 3. The first-order valence-corrected chi connectivity index (χ1v) is 10.6. The van der Waals surface area contributed by atoms with Crippen LogP contribution >= 0.6 is 0 Å². The Labute approximate surface area is 181 Å². The lowest BCUT2D eigenvalue weighted by Gasteiger charge is -2.32. The molecule has 2 aromatic heterocycles. The third kappa shape index (κ3) is 5.36. The van der Waals surface area contributed by atoms with E-state index in [0.717, 1.165) is 24.0 Å². The van der Waals surface area contributed by atoms with Crippen LogP contribution in [0.2, 0.25) is 0 Å². The lowest BCUT2D eigenvalue weighted by Crippen LogP contribution is -2.43. The van der Waals surface area contributed by atoms with Gasteiger partial charge in [0.05, 0.1) is 12.1 Å². The highest BCUT2D eigenvalue weighted by atomic mass is 16.4. The summed E-state index contributed by atoms with van der Waals surface area (Å²) in [5.74, 6) is 1.48. The first-order valence-electron chi connectivity index (χ1n) is 10.6. The lowest BCUT2D eigenvalue weighted by molar-refractivity contribution is -0.134. The second-order valence-corrected chi connectivity index (χ2v) is 7.87. The van der Waals surface area contributed by atoms with E-state index in [1.54, 1.807) is 23.4 Å². The fraction of sp³-hybridized carbons (Fsp3) is 0.333. The average molecular weight is 418 g/mol. The Bertz CT molecular complexity index is 1030. The molecule has 1 aromatic carbocycles. The van der Waals surface area contributed by atoms with Crippen LogP contribution in [0.25, 0.3) is 11.3 Å². The fourth-order valence-corrected chi connectivity index (χ4v) is 3.72. The van der Waals surface area contributed by atoms with Crippen LogP contribution < -0.4 is 5.32 Å². The highest BCUT2D eigenvalue weighted by molar-refractivity contribution is 5.92. The number of benzene rings is 1. The van der Waals surface area contributed by atoms with Gasteiger partial charge in [0.25, 0.3) is 0 Å². The van der Waals surface area contributed by atoms with Crippen molar-refractivity contribution in [2.45, 2.75) is 32.6 Å². The number of anilines is 1. The number of amides is 2. The Morgan fingerprint density at radius 1 is 1.13 bits per heavy atom. The number of piperidine rings is 1. The van der Waals surface area contributed by atoms with E-state index >= 15 is 0 Å². The molecule has 1 atom stereocenters. The van der Waals surface area contributed by atoms with Crippen molar-refractivity contribution in [3.63, 3.8) is 0 Å². The molecule has 3 heterocycles. The zero-order chi connectivity index (χ0) is 21.6. The van der Waals surface area contributed by atoms with Crippen LogP contribution in [0.3, 0.4) is 0 Å². The molecular formula is C24H26N4O3. The summed E-state index contributed by atoms with van der Waals surface area (Å²) in [7, 11) is 0. The number of hydrogen-bond acceptors (Lipinski definition) is 5. The molecule has 1 aliphatic rings. The maximum absolute atomic E-state index is 12.7. The van der Waals surface area contributed by atoms with Gasteiger partial charge in [-0.15, -0.1) is 0 Å². The Balaban J connectivity index is 1.29. The molecule has 160 valence electrons. The zero-order valence-corrected chi connectivity index (χ0v) is 17.6. The van der Waals surface area contributed by atoms with Crippen molar-refractivity contribution in [2.24, 2.45) is 5.92 Å². The summed E-state index contributed by atoms with van der Waals surface area (Å²) in [4.78, 5) is 35.6. The van der Waals surface area contributed by atoms with Gasteiger partial charge in [0, 0.05) is 37.7 Å². The van der Waals surface area contributed by atoms with E-state index in [2.05, 4.69) is 15.3 Å². The van der Waals surface area contributed by atoms with E-state index < -0.39 is 0 Å². The summed E-state index contributed by atoms with van der Waals surface area (Å²) in [6.45, 7) is 3.05. The topological polar surface area (TPSA) is 88.3 Å². The Hall–Kier alpha value is -3.48. The molecule has 0 saturated carbocycles. The van der Waals surface area contributed by atoms with Crippen molar-refractivity contribution in [2.75, 3.05) is 18.4 Å². The Kier molecular flexibility index (Phi) is 6.40. The largest absolute Gasteiger partial charge is 0.441 e. The Morgan fingerprint density at radius 3 is 2.74 bits per heavy atom. The molecule has 0 spiro atoms. The molecule has 3 aromatic rings. The predicted molar refractivity (Wildman–Crippen MR) is 117 cm³/mol. The standard InChI is InChI=1S/C24H26N4O3/c1-17-9-10-21(25-14-17)27-24(30)19-8-5-13-28(16-19)23(29)12-11-22-26-15-20(31-22)18-6-3-2-4-7-18/h2-4,6-7,9-10,14-15,19H,5,8,11-13,16H2,1H3,(H,25,27,30). The van der Waals surface area contributed by atoms with Crippen LogP contribution in [0.1, 0.15) is 30.7 Å². The second kappa shape index (κ2) is 9.55. The van der Waals surface area contributed by atoms with Crippen LogP contribution in [0.4, 0.5) is 5.82 Å². The van der Waals surface area contributed by atoms with Gasteiger partial charge in [-0.05, 0) is 31.4 Å². The molecule has 4 rings (SSSR count). The number of rotatable bonds is 6. The minimum absolute atomic E-state index is 0.0189. The molecule has 1 saturated heterocycles. The zero-order valence-electron chi connectivity index (χ0n) is 17.6. The molecule has 0 aliphatic carbocycles. The average Bonchev–Trinajstić information content (AvgIpc) is 3.29. The van der Waals surface area contributed by atoms with E-state index in [9.17, 15) is 9.59 Å². The van der Waals surface area contributed by atoms with E-state index in [-0.39, 0.29) is 17.7 Å². The normalized spacial score (nSPS) is 16.2. The molecule has 1 aliphatic heterocycles. The number of hydrogen-bond donors (Lipinski definition) is 1. The first-order chi connectivity index (χ1) is 15.1. The van der Waals surface area contributed by atoms with Gasteiger partial charge in [0.2, 0.25) is 11.8 Å². The third-order valence-electron chi connectivity index (χ3n) is 5.47. The lowest BCUT2D eigenvalue weighted by atomic mass is 9.96. The van der Waals surface area contributed by atoms with E-state index in [4.69, 9.17) is 4.42 Å². The van der Waals surface area contributed by atoms with E-state index in [0.29, 0.717) is 43.4 Å². The second-order valence-electron chi connectivity index (χ2n) is 7.87.